The largest absolute Gasteiger partial charge is 0.365 e. The molecular formula is C26H25N3O. The minimum atomic E-state index is -0.359. The van der Waals surface area contributed by atoms with Gasteiger partial charge in [0.2, 0.25) is 0 Å². The van der Waals surface area contributed by atoms with Crippen LogP contribution in [0.3, 0.4) is 0 Å². The summed E-state index contributed by atoms with van der Waals surface area (Å²) in [5.74, 6) is 0.606. The average Bonchev–Trinajstić information content (AvgIpc) is 3.14. The molecule has 0 unspecified atom stereocenters. The van der Waals surface area contributed by atoms with Crippen molar-refractivity contribution in [3.8, 4) is 0 Å². The van der Waals surface area contributed by atoms with Crippen LogP contribution in [-0.2, 0) is 11.8 Å². The van der Waals surface area contributed by atoms with Crippen molar-refractivity contribution >= 4 is 17.8 Å². The molecule has 150 valence electrons. The Labute approximate surface area is 176 Å². The molecule has 0 saturated heterocycles. The van der Waals surface area contributed by atoms with Gasteiger partial charge in [0.1, 0.15) is 0 Å². The molecule has 5 rings (SSSR count). The standard InChI is InChI=1S/C26H25N3O/c1-2-24(30)29-23-18-26(19-10-5-3-6-11-19,20-12-7-4-8-13-20)17-16-22(23)25(28-29)27-21-14-9-15-21/h2-8,10-13,16-17,21H,1,9,14-15,18H2,(H,27,28). The Morgan fingerprint density at radius 3 is 2.23 bits per heavy atom. The molecule has 0 radical (unpaired) electrons. The summed E-state index contributed by atoms with van der Waals surface area (Å²) in [7, 11) is 0. The van der Waals surface area contributed by atoms with Gasteiger partial charge >= 0.3 is 0 Å². The van der Waals surface area contributed by atoms with Crippen molar-refractivity contribution in [1.29, 1.82) is 0 Å². The Bertz CT molecular complexity index is 1070. The molecule has 0 atom stereocenters. The van der Waals surface area contributed by atoms with Gasteiger partial charge in [0, 0.05) is 23.4 Å². The zero-order valence-corrected chi connectivity index (χ0v) is 16.9. The van der Waals surface area contributed by atoms with Crippen molar-refractivity contribution in [2.45, 2.75) is 37.1 Å². The number of hydrogen-bond acceptors (Lipinski definition) is 3. The Hall–Kier alpha value is -3.40. The third-order valence-electron chi connectivity index (χ3n) is 6.41. The number of fused-ring (bicyclic) bond motifs is 1. The quantitative estimate of drug-likeness (QED) is 0.602. The van der Waals surface area contributed by atoms with Crippen LogP contribution < -0.4 is 5.32 Å². The highest BCUT2D eigenvalue weighted by Crippen LogP contribution is 2.43. The van der Waals surface area contributed by atoms with E-state index >= 15 is 0 Å². The molecular weight excluding hydrogens is 370 g/mol. The van der Waals surface area contributed by atoms with Crippen LogP contribution in [-0.4, -0.2) is 21.7 Å². The summed E-state index contributed by atoms with van der Waals surface area (Å²) in [6.45, 7) is 3.69. The topological polar surface area (TPSA) is 46.9 Å². The number of nitrogens with one attached hydrogen (secondary N) is 1. The third-order valence-corrected chi connectivity index (χ3v) is 6.41. The van der Waals surface area contributed by atoms with Gasteiger partial charge < -0.3 is 5.32 Å². The fourth-order valence-corrected chi connectivity index (χ4v) is 4.51. The van der Waals surface area contributed by atoms with Crippen molar-refractivity contribution in [2.75, 3.05) is 5.32 Å². The fourth-order valence-electron chi connectivity index (χ4n) is 4.51. The molecule has 0 amide bonds. The second-order valence-corrected chi connectivity index (χ2v) is 8.15. The van der Waals surface area contributed by atoms with Gasteiger partial charge in [0.15, 0.2) is 5.82 Å². The van der Waals surface area contributed by atoms with Crippen molar-refractivity contribution in [3.63, 3.8) is 0 Å². The average molecular weight is 396 g/mol. The van der Waals surface area contributed by atoms with Crippen LogP contribution in [0.2, 0.25) is 0 Å². The highest BCUT2D eigenvalue weighted by atomic mass is 16.2. The summed E-state index contributed by atoms with van der Waals surface area (Å²) in [6.07, 6.45) is 9.96. The lowest BCUT2D eigenvalue weighted by Crippen LogP contribution is -2.32. The molecule has 0 spiro atoms. The molecule has 1 heterocycles. The van der Waals surface area contributed by atoms with Gasteiger partial charge in [0.05, 0.1) is 5.69 Å². The first kappa shape index (κ1) is 18.6. The van der Waals surface area contributed by atoms with Crippen molar-refractivity contribution in [3.05, 3.63) is 102 Å². The summed E-state index contributed by atoms with van der Waals surface area (Å²) in [5, 5.41) is 8.21. The van der Waals surface area contributed by atoms with Crippen LogP contribution in [0.4, 0.5) is 5.82 Å². The lowest BCUT2D eigenvalue weighted by atomic mass is 9.68. The summed E-state index contributed by atoms with van der Waals surface area (Å²) >= 11 is 0. The van der Waals surface area contributed by atoms with Crippen LogP contribution in [0.25, 0.3) is 6.08 Å². The number of carbonyl (C=O) groups is 1. The molecule has 1 N–H and O–H groups in total. The first-order chi connectivity index (χ1) is 14.7. The predicted octanol–water partition coefficient (Wildman–Crippen LogP) is 5.23. The fraction of sp³-hybridized carbons (Fsp3) is 0.231. The molecule has 2 aliphatic rings. The summed E-state index contributed by atoms with van der Waals surface area (Å²) in [6, 6.07) is 21.4. The number of hydrogen-bond donors (Lipinski definition) is 1. The van der Waals surface area contributed by atoms with Gasteiger partial charge in [-0.3, -0.25) is 4.79 Å². The molecule has 1 aromatic heterocycles. The van der Waals surface area contributed by atoms with E-state index in [0.29, 0.717) is 12.5 Å². The predicted molar refractivity (Wildman–Crippen MR) is 121 cm³/mol. The molecule has 4 heteroatoms. The van der Waals surface area contributed by atoms with Gasteiger partial charge in [-0.2, -0.15) is 4.68 Å². The number of anilines is 1. The monoisotopic (exact) mass is 395 g/mol. The SMILES string of the molecule is C=CC(=O)n1nc(NC2CCC2)c2c1CC(c1ccccc1)(c1ccccc1)C=C2. The van der Waals surface area contributed by atoms with Crippen LogP contribution >= 0.6 is 0 Å². The molecule has 0 bridgehead atoms. The second-order valence-electron chi connectivity index (χ2n) is 8.15. The number of nitrogens with zero attached hydrogens (tertiary/aromatic N) is 2. The van der Waals surface area contributed by atoms with Gasteiger partial charge in [-0.25, -0.2) is 0 Å². The van der Waals surface area contributed by atoms with E-state index in [1.807, 2.05) is 12.1 Å². The number of benzene rings is 2. The number of allylic oxidation sites excluding steroid dienone is 2. The maximum absolute atomic E-state index is 12.7. The van der Waals surface area contributed by atoms with Crippen molar-refractivity contribution < 1.29 is 4.79 Å². The first-order valence-electron chi connectivity index (χ1n) is 10.6. The van der Waals surface area contributed by atoms with Gasteiger partial charge in [-0.15, -0.1) is 5.10 Å². The molecule has 1 fully saturated rings. The zero-order chi connectivity index (χ0) is 20.6. The minimum Gasteiger partial charge on any atom is -0.365 e. The molecule has 2 aromatic carbocycles. The second kappa shape index (κ2) is 7.45. The molecule has 0 aliphatic heterocycles. The van der Waals surface area contributed by atoms with E-state index in [1.54, 1.807) is 0 Å². The minimum absolute atomic E-state index is 0.196. The van der Waals surface area contributed by atoms with Crippen molar-refractivity contribution in [2.24, 2.45) is 0 Å². The van der Waals surface area contributed by atoms with E-state index in [-0.39, 0.29) is 11.3 Å². The normalized spacial score (nSPS) is 17.1. The van der Waals surface area contributed by atoms with E-state index in [9.17, 15) is 4.79 Å². The van der Waals surface area contributed by atoms with E-state index < -0.39 is 0 Å². The molecule has 30 heavy (non-hydrogen) atoms. The van der Waals surface area contributed by atoms with E-state index in [0.717, 1.165) is 29.9 Å². The molecule has 2 aliphatic carbocycles. The summed E-state index contributed by atoms with van der Waals surface area (Å²) in [4.78, 5) is 12.7. The van der Waals surface area contributed by atoms with Gasteiger partial charge in [-0.1, -0.05) is 79.4 Å². The van der Waals surface area contributed by atoms with E-state index in [4.69, 9.17) is 0 Å². The third kappa shape index (κ3) is 3.00. The van der Waals surface area contributed by atoms with Crippen LogP contribution in [0.1, 0.15) is 46.4 Å². The van der Waals surface area contributed by atoms with Gasteiger partial charge in [0.25, 0.3) is 5.91 Å². The Balaban J connectivity index is 1.66. The van der Waals surface area contributed by atoms with Crippen LogP contribution in [0.15, 0.2) is 79.4 Å². The number of carbonyl (C=O) groups excluding carboxylic acids is 1. The van der Waals surface area contributed by atoms with Crippen LogP contribution in [0, 0.1) is 0 Å². The van der Waals surface area contributed by atoms with Crippen LogP contribution in [0.5, 0.6) is 0 Å². The lowest BCUT2D eigenvalue weighted by molar-refractivity contribution is 0.0950. The molecule has 4 nitrogen and oxygen atoms in total. The maximum atomic E-state index is 12.7. The van der Waals surface area contributed by atoms with Gasteiger partial charge in [-0.05, 0) is 36.5 Å². The summed E-state index contributed by atoms with van der Waals surface area (Å²) in [5.41, 5.74) is 3.98. The lowest BCUT2D eigenvalue weighted by Gasteiger charge is -2.35. The highest BCUT2D eigenvalue weighted by Gasteiger charge is 2.38. The Morgan fingerprint density at radius 1 is 1.07 bits per heavy atom. The maximum Gasteiger partial charge on any atom is 0.270 e. The summed E-state index contributed by atoms with van der Waals surface area (Å²) < 4.78 is 1.54. The van der Waals surface area contributed by atoms with E-state index in [1.165, 1.54) is 28.3 Å². The number of aromatic nitrogens is 2. The molecule has 3 aromatic rings. The number of rotatable bonds is 5. The smallest absolute Gasteiger partial charge is 0.270 e. The molecule has 1 saturated carbocycles. The highest BCUT2D eigenvalue weighted by molar-refractivity contribution is 5.91. The van der Waals surface area contributed by atoms with E-state index in [2.05, 4.69) is 77.7 Å². The zero-order valence-electron chi connectivity index (χ0n) is 16.9. The Morgan fingerprint density at radius 2 is 1.70 bits per heavy atom. The first-order valence-corrected chi connectivity index (χ1v) is 10.6. The Kier molecular flexibility index (Phi) is 4.62. The van der Waals surface area contributed by atoms with Crippen molar-refractivity contribution in [1.82, 2.24) is 9.78 Å².